The highest BCUT2D eigenvalue weighted by atomic mass is 19.4. The SMILES string of the molecule is COC(=O)C(OC(C)(C)C)c1c(C(F)(F)F)ccc(-c2ccc(C)cc2)c1-c1ccc2c(c1)CCCO2. The molecule has 1 unspecified atom stereocenters. The summed E-state index contributed by atoms with van der Waals surface area (Å²) in [5, 5.41) is 0. The van der Waals surface area contributed by atoms with Crippen molar-refractivity contribution in [3.63, 3.8) is 0 Å². The van der Waals surface area contributed by atoms with Crippen molar-refractivity contribution in [2.45, 2.75) is 58.4 Å². The second-order valence-electron chi connectivity index (χ2n) is 10.2. The Morgan fingerprint density at radius 3 is 2.27 bits per heavy atom. The molecule has 0 radical (unpaired) electrons. The summed E-state index contributed by atoms with van der Waals surface area (Å²) in [5.74, 6) is -0.181. The van der Waals surface area contributed by atoms with E-state index >= 15 is 0 Å². The molecule has 1 heterocycles. The van der Waals surface area contributed by atoms with Crippen LogP contribution in [0.25, 0.3) is 22.3 Å². The first-order chi connectivity index (χ1) is 17.4. The molecule has 37 heavy (non-hydrogen) atoms. The maximum absolute atomic E-state index is 14.5. The Morgan fingerprint density at radius 1 is 0.973 bits per heavy atom. The maximum Gasteiger partial charge on any atom is 0.416 e. The number of esters is 1. The number of halogens is 3. The van der Waals surface area contributed by atoms with Gasteiger partial charge in [0.05, 0.1) is 24.9 Å². The van der Waals surface area contributed by atoms with Gasteiger partial charge in [-0.15, -0.1) is 0 Å². The quantitative estimate of drug-likeness (QED) is 0.329. The number of aryl methyl sites for hydroxylation is 2. The van der Waals surface area contributed by atoms with Gasteiger partial charge in [0.25, 0.3) is 0 Å². The Kier molecular flexibility index (Phi) is 7.38. The van der Waals surface area contributed by atoms with Gasteiger partial charge in [-0.2, -0.15) is 13.2 Å². The van der Waals surface area contributed by atoms with Crippen molar-refractivity contribution in [3.8, 4) is 28.0 Å². The number of carbonyl (C=O) groups excluding carboxylic acids is 1. The third-order valence-corrected chi connectivity index (χ3v) is 6.26. The fourth-order valence-corrected chi connectivity index (χ4v) is 4.63. The fraction of sp³-hybridized carbons (Fsp3) is 0.367. The van der Waals surface area contributed by atoms with Crippen LogP contribution in [0.4, 0.5) is 13.2 Å². The molecule has 0 N–H and O–H groups in total. The molecule has 4 nitrogen and oxygen atoms in total. The number of hydrogen-bond donors (Lipinski definition) is 0. The lowest BCUT2D eigenvalue weighted by atomic mass is 9.84. The van der Waals surface area contributed by atoms with Crippen LogP contribution in [0, 0.1) is 6.92 Å². The van der Waals surface area contributed by atoms with Gasteiger partial charge in [0.2, 0.25) is 0 Å². The van der Waals surface area contributed by atoms with Crippen molar-refractivity contribution in [2.24, 2.45) is 0 Å². The highest BCUT2D eigenvalue weighted by Crippen LogP contribution is 2.47. The van der Waals surface area contributed by atoms with Crippen molar-refractivity contribution in [1.82, 2.24) is 0 Å². The standard InChI is InChI=1S/C30H31F3O4/c1-18-8-10-19(11-9-18)22-13-14-23(30(31,32)33)26(27(28(34)35-5)37-29(2,3)4)25(22)21-12-15-24-20(17-21)7-6-16-36-24/h8-15,17,27H,6-7,16H2,1-5H3. The van der Waals surface area contributed by atoms with E-state index in [-0.39, 0.29) is 11.1 Å². The summed E-state index contributed by atoms with van der Waals surface area (Å²) in [6, 6.07) is 15.4. The molecule has 7 heteroatoms. The van der Waals surface area contributed by atoms with Crippen LogP contribution < -0.4 is 4.74 Å². The molecule has 0 saturated carbocycles. The van der Waals surface area contributed by atoms with E-state index in [2.05, 4.69) is 0 Å². The van der Waals surface area contributed by atoms with E-state index in [4.69, 9.17) is 14.2 Å². The molecule has 3 aromatic carbocycles. The van der Waals surface area contributed by atoms with Crippen LogP contribution in [0.2, 0.25) is 0 Å². The minimum absolute atomic E-state index is 0.260. The minimum atomic E-state index is -4.74. The predicted molar refractivity (Wildman–Crippen MR) is 136 cm³/mol. The van der Waals surface area contributed by atoms with Crippen LogP contribution >= 0.6 is 0 Å². The highest BCUT2D eigenvalue weighted by molar-refractivity contribution is 5.91. The normalized spacial score (nSPS) is 14.5. The summed E-state index contributed by atoms with van der Waals surface area (Å²) in [6.07, 6.45) is -4.78. The lowest BCUT2D eigenvalue weighted by molar-refractivity contribution is -0.166. The van der Waals surface area contributed by atoms with Crippen molar-refractivity contribution >= 4 is 5.97 Å². The smallest absolute Gasteiger partial charge is 0.416 e. The van der Waals surface area contributed by atoms with Crippen molar-refractivity contribution < 1.29 is 32.2 Å². The lowest BCUT2D eigenvalue weighted by Gasteiger charge is -2.31. The minimum Gasteiger partial charge on any atom is -0.493 e. The zero-order chi connectivity index (χ0) is 27.0. The summed E-state index contributed by atoms with van der Waals surface area (Å²) < 4.78 is 60.3. The number of alkyl halides is 3. The Balaban J connectivity index is 2.11. The largest absolute Gasteiger partial charge is 0.493 e. The van der Waals surface area contributed by atoms with E-state index < -0.39 is 29.4 Å². The number of hydrogen-bond acceptors (Lipinski definition) is 4. The number of benzene rings is 3. The van der Waals surface area contributed by atoms with Gasteiger partial charge >= 0.3 is 12.1 Å². The number of rotatable bonds is 5. The van der Waals surface area contributed by atoms with E-state index in [1.54, 1.807) is 32.9 Å². The molecular weight excluding hydrogens is 481 g/mol. The van der Waals surface area contributed by atoms with Gasteiger partial charge < -0.3 is 14.2 Å². The van der Waals surface area contributed by atoms with Crippen LogP contribution in [0.15, 0.2) is 54.6 Å². The Morgan fingerprint density at radius 2 is 1.65 bits per heavy atom. The average Bonchev–Trinajstić information content (AvgIpc) is 2.85. The van der Waals surface area contributed by atoms with Gasteiger partial charge in [0, 0.05) is 5.56 Å². The second kappa shape index (κ2) is 10.2. The summed E-state index contributed by atoms with van der Waals surface area (Å²) >= 11 is 0. The molecule has 0 amide bonds. The number of methoxy groups -OCH3 is 1. The molecule has 196 valence electrons. The molecule has 0 saturated heterocycles. The lowest BCUT2D eigenvalue weighted by Crippen LogP contribution is -2.30. The van der Waals surface area contributed by atoms with Crippen LogP contribution in [0.3, 0.4) is 0 Å². The monoisotopic (exact) mass is 512 g/mol. The zero-order valence-corrected chi connectivity index (χ0v) is 21.7. The van der Waals surface area contributed by atoms with Crippen LogP contribution in [-0.4, -0.2) is 25.3 Å². The second-order valence-corrected chi connectivity index (χ2v) is 10.2. The summed E-state index contributed by atoms with van der Waals surface area (Å²) in [7, 11) is 1.15. The molecule has 1 atom stereocenters. The van der Waals surface area contributed by atoms with E-state index in [1.165, 1.54) is 6.07 Å². The number of fused-ring (bicyclic) bond motifs is 1. The van der Waals surface area contributed by atoms with Gasteiger partial charge in [-0.3, -0.25) is 0 Å². The molecule has 0 bridgehead atoms. The van der Waals surface area contributed by atoms with E-state index in [1.807, 2.05) is 37.3 Å². The maximum atomic E-state index is 14.5. The summed E-state index contributed by atoms with van der Waals surface area (Å²) in [4.78, 5) is 13.0. The number of carbonyl (C=O) groups is 1. The first-order valence-electron chi connectivity index (χ1n) is 12.2. The highest BCUT2D eigenvalue weighted by Gasteiger charge is 2.42. The van der Waals surface area contributed by atoms with E-state index in [0.29, 0.717) is 17.7 Å². The van der Waals surface area contributed by atoms with Crippen LogP contribution in [0.1, 0.15) is 55.5 Å². The molecule has 4 rings (SSSR count). The molecule has 1 aliphatic heterocycles. The topological polar surface area (TPSA) is 44.8 Å². The van der Waals surface area contributed by atoms with E-state index in [9.17, 15) is 18.0 Å². The summed E-state index contributed by atoms with van der Waals surface area (Å²) in [6.45, 7) is 7.61. The van der Waals surface area contributed by atoms with Gasteiger partial charge in [0.1, 0.15) is 5.75 Å². The fourth-order valence-electron chi connectivity index (χ4n) is 4.63. The van der Waals surface area contributed by atoms with Crippen molar-refractivity contribution in [2.75, 3.05) is 13.7 Å². The van der Waals surface area contributed by atoms with Gasteiger partial charge in [-0.25, -0.2) is 4.79 Å². The van der Waals surface area contributed by atoms with Crippen LogP contribution in [0.5, 0.6) is 5.75 Å². The Labute approximate surface area is 215 Å². The zero-order valence-electron chi connectivity index (χ0n) is 21.7. The molecule has 3 aromatic rings. The molecule has 1 aliphatic rings. The molecular formula is C30H31F3O4. The van der Waals surface area contributed by atoms with Gasteiger partial charge in [-0.1, -0.05) is 42.0 Å². The first kappa shape index (κ1) is 26.7. The average molecular weight is 513 g/mol. The van der Waals surface area contributed by atoms with Crippen molar-refractivity contribution in [1.29, 1.82) is 0 Å². The summed E-state index contributed by atoms with van der Waals surface area (Å²) in [5.41, 5.74) is 1.92. The predicted octanol–water partition coefficient (Wildman–Crippen LogP) is 7.70. The Hall–Kier alpha value is -3.32. The molecule has 0 aromatic heterocycles. The van der Waals surface area contributed by atoms with Crippen molar-refractivity contribution in [3.05, 3.63) is 76.9 Å². The first-order valence-corrected chi connectivity index (χ1v) is 12.2. The van der Waals surface area contributed by atoms with E-state index in [0.717, 1.165) is 48.5 Å². The Bertz CT molecular complexity index is 1290. The van der Waals surface area contributed by atoms with Crippen LogP contribution in [-0.2, 0) is 26.9 Å². The number of ether oxygens (including phenoxy) is 3. The van der Waals surface area contributed by atoms with Gasteiger partial charge in [-0.05, 0) is 86.6 Å². The third-order valence-electron chi connectivity index (χ3n) is 6.26. The molecule has 0 spiro atoms. The third kappa shape index (κ3) is 5.82. The molecule has 0 aliphatic carbocycles. The molecule has 0 fully saturated rings. The van der Waals surface area contributed by atoms with Gasteiger partial charge in [0.15, 0.2) is 6.10 Å².